The number of hydrogen-bond acceptors (Lipinski definition) is 8. The van der Waals surface area contributed by atoms with E-state index in [0.29, 0.717) is 45.9 Å². The second kappa shape index (κ2) is 10.4. The third kappa shape index (κ3) is 5.57. The van der Waals surface area contributed by atoms with Crippen LogP contribution in [0.3, 0.4) is 0 Å². The summed E-state index contributed by atoms with van der Waals surface area (Å²) in [5, 5.41) is 14.5. The third-order valence-corrected chi connectivity index (χ3v) is 6.07. The number of hydrazine groups is 1. The number of piperazine rings is 1. The van der Waals surface area contributed by atoms with Crippen LogP contribution in [0.4, 0.5) is 4.39 Å². The lowest BCUT2D eigenvalue weighted by molar-refractivity contribution is -0.134. The minimum atomic E-state index is -0.675. The lowest BCUT2D eigenvalue weighted by atomic mass is 10.1. The normalized spacial score (nSPS) is 21.4. The summed E-state index contributed by atoms with van der Waals surface area (Å²) in [6.45, 7) is 3.93. The van der Waals surface area contributed by atoms with E-state index in [1.54, 1.807) is 10.0 Å². The smallest absolute Gasteiger partial charge is 0.255 e. The first-order chi connectivity index (χ1) is 15.9. The lowest BCUT2D eigenvalue weighted by Crippen LogP contribution is -2.53. The molecule has 3 aliphatic heterocycles. The van der Waals surface area contributed by atoms with Crippen molar-refractivity contribution in [3.05, 3.63) is 34.6 Å². The summed E-state index contributed by atoms with van der Waals surface area (Å²) in [6.07, 6.45) is 0. The van der Waals surface area contributed by atoms with Crippen LogP contribution in [0.25, 0.3) is 0 Å². The summed E-state index contributed by atoms with van der Waals surface area (Å²) in [4.78, 5) is 40.7. The van der Waals surface area contributed by atoms with Gasteiger partial charge in [0.15, 0.2) is 6.04 Å². The zero-order chi connectivity index (χ0) is 23.4. The number of hydrogen-bond donors (Lipinski definition) is 1. The molecule has 0 aromatic heterocycles. The number of carbonyl (C=O) groups excluding carboxylic acids is 3. The van der Waals surface area contributed by atoms with Gasteiger partial charge in [0.25, 0.3) is 5.91 Å². The summed E-state index contributed by atoms with van der Waals surface area (Å²) in [6, 6.07) is 2.97. The second-order valence-corrected chi connectivity index (χ2v) is 8.26. The fourth-order valence-electron chi connectivity index (χ4n) is 3.82. The van der Waals surface area contributed by atoms with Crippen molar-refractivity contribution in [2.45, 2.75) is 6.04 Å². The van der Waals surface area contributed by atoms with E-state index in [1.807, 2.05) is 5.01 Å². The first-order valence-electron chi connectivity index (χ1n) is 10.7. The fourth-order valence-corrected chi connectivity index (χ4v) is 4.02. The van der Waals surface area contributed by atoms with Gasteiger partial charge < -0.3 is 19.9 Å². The molecule has 13 heteroatoms. The lowest BCUT2D eigenvalue weighted by Gasteiger charge is -2.35. The molecule has 2 saturated heterocycles. The molecule has 4 rings (SSSR count). The first-order valence-corrected chi connectivity index (χ1v) is 11.1. The van der Waals surface area contributed by atoms with Crippen molar-refractivity contribution in [1.82, 2.24) is 25.2 Å². The molecule has 1 N–H and O–H groups in total. The van der Waals surface area contributed by atoms with E-state index in [4.69, 9.17) is 16.3 Å². The molecule has 178 valence electrons. The van der Waals surface area contributed by atoms with Gasteiger partial charge in [0.2, 0.25) is 11.8 Å². The number of ether oxygens (including phenoxy) is 1. The van der Waals surface area contributed by atoms with Gasteiger partial charge in [-0.2, -0.15) is 10.1 Å². The second-order valence-electron chi connectivity index (χ2n) is 7.86. The van der Waals surface area contributed by atoms with E-state index in [2.05, 4.69) is 15.7 Å². The fraction of sp³-hybridized carbons (Fsp3) is 0.550. The molecule has 3 heterocycles. The predicted octanol–water partition coefficient (Wildman–Crippen LogP) is 0.178. The Morgan fingerprint density at radius 2 is 1.79 bits per heavy atom. The molecule has 0 aliphatic carbocycles. The molecule has 33 heavy (non-hydrogen) atoms. The molecule has 0 saturated carbocycles. The SMILES string of the molecule is O=C(NCC(=O)N1CCN(C(=O)c2cc(F)ccc2Cl)CC1)C1CN(N2CCOCC2)N=N1. The van der Waals surface area contributed by atoms with Crippen molar-refractivity contribution in [2.24, 2.45) is 10.3 Å². The Morgan fingerprint density at radius 1 is 1.09 bits per heavy atom. The van der Waals surface area contributed by atoms with Gasteiger partial charge in [-0.3, -0.25) is 14.4 Å². The molecular formula is C20H25ClFN7O4. The number of rotatable bonds is 5. The number of amides is 3. The molecule has 0 spiro atoms. The van der Waals surface area contributed by atoms with E-state index >= 15 is 0 Å². The standard InChI is InChI=1S/C20H25ClFN7O4/c21-16-2-1-14(22)11-15(16)20(32)27-5-3-26(4-6-27)18(30)12-23-19(31)17-13-29(25-24-17)28-7-9-33-10-8-28/h1-2,11,17H,3-10,12-13H2,(H,23,31). The van der Waals surface area contributed by atoms with E-state index in [-0.39, 0.29) is 47.9 Å². The van der Waals surface area contributed by atoms with Crippen LogP contribution in [0, 0.1) is 5.82 Å². The molecule has 11 nitrogen and oxygen atoms in total. The van der Waals surface area contributed by atoms with E-state index in [9.17, 15) is 18.8 Å². The van der Waals surface area contributed by atoms with E-state index < -0.39 is 11.9 Å². The monoisotopic (exact) mass is 481 g/mol. The van der Waals surface area contributed by atoms with Gasteiger partial charge in [0.1, 0.15) is 5.82 Å². The molecule has 3 amide bonds. The van der Waals surface area contributed by atoms with Crippen LogP contribution in [0.15, 0.2) is 28.5 Å². The predicted molar refractivity (Wildman–Crippen MR) is 115 cm³/mol. The molecule has 1 aromatic rings. The van der Waals surface area contributed by atoms with Gasteiger partial charge in [-0.15, -0.1) is 0 Å². The Balaban J connectivity index is 1.20. The highest BCUT2D eigenvalue weighted by Gasteiger charge is 2.31. The molecule has 3 aliphatic rings. The molecule has 1 aromatic carbocycles. The van der Waals surface area contributed by atoms with Gasteiger partial charge in [-0.1, -0.05) is 16.8 Å². The van der Waals surface area contributed by atoms with Crippen LogP contribution < -0.4 is 5.32 Å². The highest BCUT2D eigenvalue weighted by Crippen LogP contribution is 2.20. The Hall–Kier alpha value is -2.83. The zero-order valence-electron chi connectivity index (χ0n) is 18.0. The molecular weight excluding hydrogens is 457 g/mol. The number of nitrogens with one attached hydrogen (secondary N) is 1. The van der Waals surface area contributed by atoms with Gasteiger partial charge in [0.05, 0.1) is 36.9 Å². The topological polar surface area (TPSA) is 110 Å². The largest absolute Gasteiger partial charge is 0.379 e. The maximum atomic E-state index is 13.5. The summed E-state index contributed by atoms with van der Waals surface area (Å²) >= 11 is 6.02. The Labute approximate surface area is 195 Å². The van der Waals surface area contributed by atoms with Crippen LogP contribution in [0.1, 0.15) is 10.4 Å². The van der Waals surface area contributed by atoms with Crippen LogP contribution in [0.2, 0.25) is 5.02 Å². The number of benzene rings is 1. The maximum Gasteiger partial charge on any atom is 0.255 e. The van der Waals surface area contributed by atoms with Crippen molar-refractivity contribution in [1.29, 1.82) is 0 Å². The van der Waals surface area contributed by atoms with Crippen molar-refractivity contribution in [2.75, 3.05) is 65.6 Å². The number of halogens is 2. The third-order valence-electron chi connectivity index (χ3n) is 5.74. The number of carbonyl (C=O) groups is 3. The minimum absolute atomic E-state index is 0.0977. The highest BCUT2D eigenvalue weighted by atomic mass is 35.5. The molecule has 2 fully saturated rings. The Morgan fingerprint density at radius 3 is 2.52 bits per heavy atom. The number of morpholine rings is 1. The van der Waals surface area contributed by atoms with Crippen molar-refractivity contribution < 1.29 is 23.5 Å². The van der Waals surface area contributed by atoms with Crippen LogP contribution in [-0.2, 0) is 14.3 Å². The van der Waals surface area contributed by atoms with E-state index in [0.717, 1.165) is 6.07 Å². The molecule has 0 radical (unpaired) electrons. The highest BCUT2D eigenvalue weighted by molar-refractivity contribution is 6.33. The van der Waals surface area contributed by atoms with Crippen molar-refractivity contribution in [3.8, 4) is 0 Å². The molecule has 0 bridgehead atoms. The van der Waals surface area contributed by atoms with Crippen LogP contribution >= 0.6 is 11.6 Å². The zero-order valence-corrected chi connectivity index (χ0v) is 18.7. The average Bonchev–Trinajstić information content (AvgIpc) is 3.34. The molecule has 1 unspecified atom stereocenters. The summed E-state index contributed by atoms with van der Waals surface area (Å²) < 4.78 is 18.8. The van der Waals surface area contributed by atoms with Gasteiger partial charge in [-0.05, 0) is 18.2 Å². The summed E-state index contributed by atoms with van der Waals surface area (Å²) in [5.74, 6) is -1.53. The summed E-state index contributed by atoms with van der Waals surface area (Å²) in [5.41, 5.74) is 0.0977. The first kappa shape index (κ1) is 23.3. The maximum absolute atomic E-state index is 13.5. The van der Waals surface area contributed by atoms with Crippen molar-refractivity contribution >= 4 is 29.3 Å². The summed E-state index contributed by atoms with van der Waals surface area (Å²) in [7, 11) is 0. The minimum Gasteiger partial charge on any atom is -0.379 e. The van der Waals surface area contributed by atoms with Crippen LogP contribution in [0.5, 0.6) is 0 Å². The van der Waals surface area contributed by atoms with Gasteiger partial charge in [-0.25, -0.2) is 9.51 Å². The van der Waals surface area contributed by atoms with Crippen LogP contribution in [-0.4, -0.2) is 109 Å². The average molecular weight is 482 g/mol. The Bertz CT molecular complexity index is 935. The van der Waals surface area contributed by atoms with Crippen molar-refractivity contribution in [3.63, 3.8) is 0 Å². The number of nitrogens with zero attached hydrogens (tertiary/aromatic N) is 6. The quantitative estimate of drug-likeness (QED) is 0.642. The van der Waals surface area contributed by atoms with E-state index in [1.165, 1.54) is 17.0 Å². The van der Waals surface area contributed by atoms with Gasteiger partial charge in [0, 0.05) is 39.3 Å². The molecule has 1 atom stereocenters. The van der Waals surface area contributed by atoms with Gasteiger partial charge >= 0.3 is 0 Å². The Kier molecular flexibility index (Phi) is 7.36.